The molecule has 7 nitrogen and oxygen atoms in total. The van der Waals surface area contributed by atoms with Gasteiger partial charge in [-0.15, -0.1) is 0 Å². The molecule has 1 aliphatic heterocycles. The lowest BCUT2D eigenvalue weighted by Crippen LogP contribution is -2.36. The van der Waals surface area contributed by atoms with Crippen molar-refractivity contribution in [1.82, 2.24) is 10.6 Å². The van der Waals surface area contributed by atoms with Gasteiger partial charge in [-0.2, -0.15) is 0 Å². The van der Waals surface area contributed by atoms with Crippen molar-refractivity contribution in [3.05, 3.63) is 52.4 Å². The fourth-order valence-electron chi connectivity index (χ4n) is 2.86. The summed E-state index contributed by atoms with van der Waals surface area (Å²) in [6.45, 7) is 0.891. The Kier molecular flexibility index (Phi) is 6.28. The number of hydrogen-bond acceptors (Lipinski definition) is 4. The number of rotatable bonds is 6. The second-order valence-electron chi connectivity index (χ2n) is 6.24. The highest BCUT2D eigenvalue weighted by Gasteiger charge is 2.19. The van der Waals surface area contributed by atoms with Crippen LogP contribution in [0, 0.1) is 0 Å². The zero-order valence-corrected chi connectivity index (χ0v) is 16.3. The van der Waals surface area contributed by atoms with Gasteiger partial charge in [0.1, 0.15) is 0 Å². The molecule has 0 spiro atoms. The Hall–Kier alpha value is -2.61. The van der Waals surface area contributed by atoms with Crippen LogP contribution in [0.25, 0.3) is 0 Å². The fourth-order valence-corrected chi connectivity index (χ4v) is 3.17. The molecule has 2 N–H and O–H groups in total. The number of amides is 3. The lowest BCUT2D eigenvalue weighted by atomic mass is 10.1. The fraction of sp³-hybridized carbons (Fsp3) is 0.316. The van der Waals surface area contributed by atoms with E-state index in [1.807, 2.05) is 24.3 Å². The van der Waals surface area contributed by atoms with Crippen molar-refractivity contribution in [3.63, 3.8) is 0 Å². The first-order valence-electron chi connectivity index (χ1n) is 8.72. The van der Waals surface area contributed by atoms with Crippen LogP contribution in [0.4, 0.5) is 5.69 Å². The summed E-state index contributed by atoms with van der Waals surface area (Å²) in [7, 11) is 0. The van der Waals surface area contributed by atoms with Crippen molar-refractivity contribution in [3.8, 4) is 0 Å². The van der Waals surface area contributed by atoms with E-state index >= 15 is 0 Å². The molecule has 1 aromatic carbocycles. The number of carbonyl (C=O) groups excluding carboxylic acids is 3. The van der Waals surface area contributed by atoms with Crippen LogP contribution in [0.3, 0.4) is 0 Å². The van der Waals surface area contributed by atoms with Gasteiger partial charge in [0, 0.05) is 25.2 Å². The Morgan fingerprint density at radius 3 is 2.74 bits per heavy atom. The zero-order valence-electron chi connectivity index (χ0n) is 14.7. The van der Waals surface area contributed by atoms with E-state index in [1.54, 1.807) is 11.0 Å². The van der Waals surface area contributed by atoms with Crippen LogP contribution in [0.1, 0.15) is 35.4 Å². The Morgan fingerprint density at radius 2 is 2.00 bits per heavy atom. The molecule has 8 heteroatoms. The van der Waals surface area contributed by atoms with E-state index < -0.39 is 5.91 Å². The van der Waals surface area contributed by atoms with Gasteiger partial charge in [-0.3, -0.25) is 14.4 Å². The SMILES string of the molecule is O=C(CNC(=O)c1ccc(Br)o1)NCc1cccc(N2CCCCC2=O)c1. The maximum Gasteiger partial charge on any atom is 0.287 e. The predicted octanol–water partition coefficient (Wildman–Crippen LogP) is 2.61. The van der Waals surface area contributed by atoms with E-state index in [0.717, 1.165) is 30.6 Å². The largest absolute Gasteiger partial charge is 0.444 e. The number of nitrogens with one attached hydrogen (secondary N) is 2. The van der Waals surface area contributed by atoms with E-state index in [4.69, 9.17) is 4.42 Å². The summed E-state index contributed by atoms with van der Waals surface area (Å²) in [6.07, 6.45) is 2.51. The highest BCUT2D eigenvalue weighted by atomic mass is 79.9. The molecule has 2 aromatic rings. The predicted molar refractivity (Wildman–Crippen MR) is 103 cm³/mol. The highest BCUT2D eigenvalue weighted by molar-refractivity contribution is 9.10. The molecular weight excluding hydrogens is 414 g/mol. The van der Waals surface area contributed by atoms with Crippen LogP contribution in [-0.4, -0.2) is 30.8 Å². The van der Waals surface area contributed by atoms with Crippen LogP contribution in [0.5, 0.6) is 0 Å². The molecule has 27 heavy (non-hydrogen) atoms. The van der Waals surface area contributed by atoms with Crippen LogP contribution >= 0.6 is 15.9 Å². The lowest BCUT2D eigenvalue weighted by Gasteiger charge is -2.27. The summed E-state index contributed by atoms with van der Waals surface area (Å²) in [4.78, 5) is 37.6. The summed E-state index contributed by atoms with van der Waals surface area (Å²) in [5.41, 5.74) is 1.74. The first-order valence-corrected chi connectivity index (χ1v) is 9.52. The Morgan fingerprint density at radius 1 is 1.15 bits per heavy atom. The highest BCUT2D eigenvalue weighted by Crippen LogP contribution is 2.21. The van der Waals surface area contributed by atoms with E-state index in [9.17, 15) is 14.4 Å². The van der Waals surface area contributed by atoms with Gasteiger partial charge in [-0.05, 0) is 58.6 Å². The van der Waals surface area contributed by atoms with Crippen LogP contribution < -0.4 is 15.5 Å². The number of benzene rings is 1. The van der Waals surface area contributed by atoms with Crippen molar-refractivity contribution in [2.24, 2.45) is 0 Å². The van der Waals surface area contributed by atoms with E-state index in [0.29, 0.717) is 17.6 Å². The molecule has 3 rings (SSSR count). The molecule has 1 fully saturated rings. The molecule has 0 saturated carbocycles. The third kappa shape index (κ3) is 5.19. The molecule has 1 aromatic heterocycles. The molecule has 0 radical (unpaired) electrons. The molecule has 0 atom stereocenters. The number of piperidine rings is 1. The summed E-state index contributed by atoms with van der Waals surface area (Å²) >= 11 is 3.12. The van der Waals surface area contributed by atoms with Crippen LogP contribution in [0.2, 0.25) is 0 Å². The maximum atomic E-state index is 12.0. The summed E-state index contributed by atoms with van der Waals surface area (Å²) in [5, 5.41) is 5.25. The quantitative estimate of drug-likeness (QED) is 0.732. The van der Waals surface area contributed by atoms with E-state index in [1.165, 1.54) is 6.07 Å². The molecule has 0 aliphatic carbocycles. The van der Waals surface area contributed by atoms with Crippen molar-refractivity contribution >= 4 is 39.3 Å². The zero-order chi connectivity index (χ0) is 19.2. The molecule has 0 bridgehead atoms. The lowest BCUT2D eigenvalue weighted by molar-refractivity contribution is -0.120. The number of furan rings is 1. The van der Waals surface area contributed by atoms with Crippen LogP contribution in [-0.2, 0) is 16.1 Å². The minimum atomic E-state index is -0.457. The topological polar surface area (TPSA) is 91.7 Å². The first kappa shape index (κ1) is 19.2. The van der Waals surface area contributed by atoms with Crippen molar-refractivity contribution < 1.29 is 18.8 Å². The van der Waals surface area contributed by atoms with Crippen molar-refractivity contribution in [2.75, 3.05) is 18.0 Å². The minimum Gasteiger partial charge on any atom is -0.444 e. The van der Waals surface area contributed by atoms with Gasteiger partial charge in [-0.1, -0.05) is 12.1 Å². The molecule has 0 unspecified atom stereocenters. The van der Waals surface area contributed by atoms with Crippen molar-refractivity contribution in [1.29, 1.82) is 0 Å². The number of hydrogen-bond donors (Lipinski definition) is 2. The minimum absolute atomic E-state index is 0.133. The molecular formula is C19H20BrN3O4. The van der Waals surface area contributed by atoms with Gasteiger partial charge in [-0.25, -0.2) is 0 Å². The smallest absolute Gasteiger partial charge is 0.287 e. The average Bonchev–Trinajstić information content (AvgIpc) is 3.11. The van der Waals surface area contributed by atoms with Gasteiger partial charge < -0.3 is 20.0 Å². The maximum absolute atomic E-state index is 12.0. The molecule has 1 aliphatic rings. The van der Waals surface area contributed by atoms with Gasteiger partial charge in [0.05, 0.1) is 6.54 Å². The van der Waals surface area contributed by atoms with Gasteiger partial charge >= 0.3 is 0 Å². The van der Waals surface area contributed by atoms with E-state index in [2.05, 4.69) is 26.6 Å². The van der Waals surface area contributed by atoms with Gasteiger partial charge in [0.25, 0.3) is 5.91 Å². The van der Waals surface area contributed by atoms with Gasteiger partial charge in [0.15, 0.2) is 10.4 Å². The third-order valence-corrected chi connectivity index (χ3v) is 4.67. The Labute approximate surface area is 165 Å². The normalized spacial score (nSPS) is 14.1. The van der Waals surface area contributed by atoms with Gasteiger partial charge in [0.2, 0.25) is 11.8 Å². The standard InChI is InChI=1S/C19H20BrN3O4/c20-16-8-7-15(27-16)19(26)22-12-17(24)21-11-13-4-3-5-14(10-13)23-9-2-1-6-18(23)25/h3-5,7-8,10H,1-2,6,9,11-12H2,(H,21,24)(H,22,26). The summed E-state index contributed by atoms with van der Waals surface area (Å²) < 4.78 is 5.58. The van der Waals surface area contributed by atoms with Crippen molar-refractivity contribution in [2.45, 2.75) is 25.8 Å². The second kappa shape index (κ2) is 8.85. The molecule has 1 saturated heterocycles. The molecule has 2 heterocycles. The Balaban J connectivity index is 1.49. The number of anilines is 1. The average molecular weight is 434 g/mol. The third-order valence-electron chi connectivity index (χ3n) is 4.24. The molecule has 142 valence electrons. The Bertz CT molecular complexity index is 849. The van der Waals surface area contributed by atoms with E-state index in [-0.39, 0.29) is 24.1 Å². The molecule has 3 amide bonds. The monoisotopic (exact) mass is 433 g/mol. The summed E-state index contributed by atoms with van der Waals surface area (Å²) in [6, 6.07) is 10.7. The number of halogens is 1. The number of nitrogens with zero attached hydrogens (tertiary/aromatic N) is 1. The second-order valence-corrected chi connectivity index (χ2v) is 7.02. The number of carbonyl (C=O) groups is 3. The summed E-state index contributed by atoms with van der Waals surface area (Å²) in [5.74, 6) is -0.502. The first-order chi connectivity index (χ1) is 13.0. The van der Waals surface area contributed by atoms with Crippen LogP contribution in [0.15, 0.2) is 45.5 Å².